The maximum Gasteiger partial charge on any atom is 0.200 e. The standard InChI is InChI=1S/C18H7F10NO2/c19-7-5(8(20)12(24)15(27)11(7)23)17(30)3-1-4(29-2-3)18(31)6-9(21)13(25)16(28)14(26)10(6)22/h1-2,17-18,29-31H. The molecule has 0 amide bonds. The summed E-state index contributed by atoms with van der Waals surface area (Å²) >= 11 is 0. The van der Waals surface area contributed by atoms with E-state index in [0.29, 0.717) is 12.3 Å². The van der Waals surface area contributed by atoms with Gasteiger partial charge < -0.3 is 15.2 Å². The van der Waals surface area contributed by atoms with Gasteiger partial charge in [-0.15, -0.1) is 0 Å². The molecular formula is C18H7F10NO2. The maximum atomic E-state index is 13.8. The van der Waals surface area contributed by atoms with Crippen LogP contribution in [0.25, 0.3) is 0 Å². The van der Waals surface area contributed by atoms with Crippen LogP contribution >= 0.6 is 0 Å². The van der Waals surface area contributed by atoms with Gasteiger partial charge in [0.25, 0.3) is 0 Å². The number of aromatic nitrogens is 1. The Balaban J connectivity index is 2.06. The van der Waals surface area contributed by atoms with Crippen LogP contribution in [0.3, 0.4) is 0 Å². The van der Waals surface area contributed by atoms with Crippen LogP contribution in [0.5, 0.6) is 0 Å². The Morgan fingerprint density at radius 1 is 0.516 bits per heavy atom. The van der Waals surface area contributed by atoms with Gasteiger partial charge in [0.2, 0.25) is 11.6 Å². The molecule has 0 aliphatic carbocycles. The zero-order valence-electron chi connectivity index (χ0n) is 14.5. The van der Waals surface area contributed by atoms with Crippen LogP contribution in [-0.2, 0) is 0 Å². The van der Waals surface area contributed by atoms with Crippen molar-refractivity contribution in [3.63, 3.8) is 0 Å². The number of halogens is 10. The molecule has 3 aromatic rings. The number of rotatable bonds is 4. The highest BCUT2D eigenvalue weighted by atomic mass is 19.2. The van der Waals surface area contributed by atoms with Crippen molar-refractivity contribution < 1.29 is 54.1 Å². The summed E-state index contributed by atoms with van der Waals surface area (Å²) in [5, 5.41) is 20.1. The fourth-order valence-corrected chi connectivity index (χ4v) is 2.79. The highest BCUT2D eigenvalue weighted by Crippen LogP contribution is 2.35. The van der Waals surface area contributed by atoms with E-state index in [1.54, 1.807) is 0 Å². The number of hydrogen-bond donors (Lipinski definition) is 3. The molecule has 3 rings (SSSR count). The van der Waals surface area contributed by atoms with E-state index in [0.717, 1.165) is 0 Å². The van der Waals surface area contributed by atoms with Crippen molar-refractivity contribution in [1.82, 2.24) is 4.98 Å². The van der Waals surface area contributed by atoms with Crippen LogP contribution in [0.15, 0.2) is 12.3 Å². The third kappa shape index (κ3) is 3.43. The summed E-state index contributed by atoms with van der Waals surface area (Å²) in [6.07, 6.45) is -4.44. The molecule has 0 saturated heterocycles. The van der Waals surface area contributed by atoms with E-state index in [2.05, 4.69) is 4.98 Å². The van der Waals surface area contributed by atoms with Gasteiger partial charge in [-0.05, 0) is 6.07 Å². The van der Waals surface area contributed by atoms with Gasteiger partial charge in [0.05, 0.1) is 11.1 Å². The minimum absolute atomic E-state index is 0.561. The van der Waals surface area contributed by atoms with Crippen molar-refractivity contribution in [2.45, 2.75) is 12.2 Å². The Hall–Kier alpha value is -3.06. The number of benzene rings is 2. The number of H-pyrrole nitrogens is 1. The van der Waals surface area contributed by atoms with Crippen LogP contribution in [-0.4, -0.2) is 15.2 Å². The lowest BCUT2D eigenvalue weighted by Gasteiger charge is -2.14. The SMILES string of the molecule is OC(c1c[nH]c(C(O)c2c(F)c(F)c(F)c(F)c2F)c1)c1c(F)c(F)c(F)c(F)c1F. The first-order valence-corrected chi connectivity index (χ1v) is 7.97. The molecule has 3 nitrogen and oxygen atoms in total. The molecule has 0 bridgehead atoms. The first-order chi connectivity index (χ1) is 14.4. The van der Waals surface area contributed by atoms with Crippen molar-refractivity contribution in [3.05, 3.63) is 92.8 Å². The predicted molar refractivity (Wildman–Crippen MR) is 81.4 cm³/mol. The molecule has 0 spiro atoms. The minimum Gasteiger partial charge on any atom is -0.383 e. The molecule has 0 aliphatic rings. The fraction of sp³-hybridized carbons (Fsp3) is 0.111. The fourth-order valence-electron chi connectivity index (χ4n) is 2.79. The van der Waals surface area contributed by atoms with Crippen molar-refractivity contribution in [2.24, 2.45) is 0 Å². The largest absolute Gasteiger partial charge is 0.383 e. The number of aliphatic hydroxyl groups excluding tert-OH is 2. The molecule has 0 radical (unpaired) electrons. The van der Waals surface area contributed by atoms with E-state index in [1.165, 1.54) is 0 Å². The third-order valence-corrected chi connectivity index (χ3v) is 4.37. The van der Waals surface area contributed by atoms with Crippen molar-refractivity contribution in [1.29, 1.82) is 0 Å². The lowest BCUT2D eigenvalue weighted by atomic mass is 10.00. The molecule has 31 heavy (non-hydrogen) atoms. The third-order valence-electron chi connectivity index (χ3n) is 4.37. The Labute approximate surface area is 165 Å². The predicted octanol–water partition coefficient (Wildman–Crippen LogP) is 4.57. The Kier molecular flexibility index (Phi) is 5.76. The van der Waals surface area contributed by atoms with Gasteiger partial charge in [0.1, 0.15) is 12.2 Å². The average molecular weight is 459 g/mol. The summed E-state index contributed by atoms with van der Waals surface area (Å²) in [6.45, 7) is 0. The van der Waals surface area contributed by atoms with Crippen molar-refractivity contribution in [2.75, 3.05) is 0 Å². The second-order valence-corrected chi connectivity index (χ2v) is 6.16. The van der Waals surface area contributed by atoms with E-state index in [-0.39, 0.29) is 0 Å². The van der Waals surface area contributed by atoms with E-state index in [1.807, 2.05) is 0 Å². The zero-order chi connectivity index (χ0) is 23.4. The van der Waals surface area contributed by atoms with E-state index >= 15 is 0 Å². The van der Waals surface area contributed by atoms with Gasteiger partial charge in [-0.1, -0.05) is 0 Å². The van der Waals surface area contributed by atoms with Crippen LogP contribution in [0.4, 0.5) is 43.9 Å². The maximum absolute atomic E-state index is 13.8. The van der Waals surface area contributed by atoms with Crippen LogP contribution < -0.4 is 0 Å². The highest BCUT2D eigenvalue weighted by molar-refractivity contribution is 5.37. The average Bonchev–Trinajstić information content (AvgIpc) is 3.24. The summed E-state index contributed by atoms with van der Waals surface area (Å²) in [7, 11) is 0. The molecule has 166 valence electrons. The molecule has 1 aromatic heterocycles. The second-order valence-electron chi connectivity index (χ2n) is 6.16. The molecule has 1 heterocycles. The van der Waals surface area contributed by atoms with Crippen molar-refractivity contribution in [3.8, 4) is 0 Å². The van der Waals surface area contributed by atoms with Gasteiger partial charge in [-0.25, -0.2) is 43.9 Å². The molecule has 2 aromatic carbocycles. The number of aromatic amines is 1. The van der Waals surface area contributed by atoms with Crippen LogP contribution in [0, 0.1) is 58.2 Å². The van der Waals surface area contributed by atoms with E-state index in [4.69, 9.17) is 0 Å². The first kappa shape index (κ1) is 22.6. The van der Waals surface area contributed by atoms with Gasteiger partial charge >= 0.3 is 0 Å². The minimum atomic E-state index is -2.55. The molecule has 2 atom stereocenters. The number of nitrogens with one attached hydrogen (secondary N) is 1. The molecule has 3 N–H and O–H groups in total. The van der Waals surface area contributed by atoms with Gasteiger partial charge in [-0.3, -0.25) is 0 Å². The lowest BCUT2D eigenvalue weighted by Crippen LogP contribution is -2.13. The molecular weight excluding hydrogens is 452 g/mol. The summed E-state index contributed by atoms with van der Waals surface area (Å²) < 4.78 is 135. The molecule has 13 heteroatoms. The number of hydrogen-bond acceptors (Lipinski definition) is 2. The van der Waals surface area contributed by atoms with Crippen molar-refractivity contribution >= 4 is 0 Å². The normalized spacial score (nSPS) is 13.5. The molecule has 0 saturated carbocycles. The van der Waals surface area contributed by atoms with E-state index in [9.17, 15) is 54.1 Å². The topological polar surface area (TPSA) is 56.2 Å². The first-order valence-electron chi connectivity index (χ1n) is 7.97. The van der Waals surface area contributed by atoms with Gasteiger partial charge in [-0.2, -0.15) is 0 Å². The molecule has 0 fully saturated rings. The quantitative estimate of drug-likeness (QED) is 0.304. The van der Waals surface area contributed by atoms with E-state index < -0.39 is 92.8 Å². The summed E-state index contributed by atoms with van der Waals surface area (Å²) in [6, 6.07) is 0.561. The second kappa shape index (κ2) is 7.89. The number of aliphatic hydroxyl groups is 2. The Morgan fingerprint density at radius 2 is 0.839 bits per heavy atom. The van der Waals surface area contributed by atoms with Gasteiger partial charge in [0.15, 0.2) is 46.5 Å². The summed E-state index contributed by atoms with van der Waals surface area (Å²) in [5.74, 6) is -23.9. The lowest BCUT2D eigenvalue weighted by molar-refractivity contribution is 0.197. The highest BCUT2D eigenvalue weighted by Gasteiger charge is 2.33. The Bertz CT molecular complexity index is 1040. The zero-order valence-corrected chi connectivity index (χ0v) is 14.5. The summed E-state index contributed by atoms with van der Waals surface area (Å²) in [4.78, 5) is 2.05. The van der Waals surface area contributed by atoms with Crippen LogP contribution in [0.1, 0.15) is 34.6 Å². The molecule has 2 unspecified atom stereocenters. The smallest absolute Gasteiger partial charge is 0.200 e. The Morgan fingerprint density at radius 3 is 1.23 bits per heavy atom. The summed E-state index contributed by atoms with van der Waals surface area (Å²) in [5.41, 5.74) is -4.76. The molecule has 0 aliphatic heterocycles. The monoisotopic (exact) mass is 459 g/mol. The van der Waals surface area contributed by atoms with Gasteiger partial charge in [0, 0.05) is 17.5 Å². The van der Waals surface area contributed by atoms with Crippen LogP contribution in [0.2, 0.25) is 0 Å².